The summed E-state index contributed by atoms with van der Waals surface area (Å²) in [6.45, 7) is 3.93. The second kappa shape index (κ2) is 7.14. The van der Waals surface area contributed by atoms with Crippen LogP contribution in [0.3, 0.4) is 0 Å². The zero-order valence-electron chi connectivity index (χ0n) is 13.6. The summed E-state index contributed by atoms with van der Waals surface area (Å²) in [5.41, 5.74) is 2.85. The Morgan fingerprint density at radius 1 is 1.17 bits per heavy atom. The second-order valence-corrected chi connectivity index (χ2v) is 6.53. The van der Waals surface area contributed by atoms with Gasteiger partial charge in [-0.15, -0.1) is 0 Å². The van der Waals surface area contributed by atoms with Gasteiger partial charge in [-0.2, -0.15) is 5.10 Å². The fourth-order valence-corrected chi connectivity index (χ4v) is 3.44. The van der Waals surface area contributed by atoms with Gasteiger partial charge in [0.15, 0.2) is 9.93 Å². The van der Waals surface area contributed by atoms with Crippen molar-refractivity contribution in [1.82, 2.24) is 24.7 Å². The molecule has 0 aliphatic heterocycles. The van der Waals surface area contributed by atoms with Crippen LogP contribution in [0.4, 0.5) is 0 Å². The average molecular weight is 359 g/mol. The lowest BCUT2D eigenvalue weighted by Crippen LogP contribution is -2.01. The highest BCUT2D eigenvalue weighted by Crippen LogP contribution is 2.22. The minimum absolute atomic E-state index is 0.553. The molecule has 1 N–H and O–H groups in total. The van der Waals surface area contributed by atoms with Crippen molar-refractivity contribution in [1.29, 1.82) is 0 Å². The first-order chi connectivity index (χ1) is 11.6. The Morgan fingerprint density at radius 3 is 2.46 bits per heavy atom. The number of methoxy groups -OCH3 is 1. The van der Waals surface area contributed by atoms with Crippen LogP contribution < -0.4 is 4.74 Å². The van der Waals surface area contributed by atoms with Gasteiger partial charge in [-0.05, 0) is 56.4 Å². The van der Waals surface area contributed by atoms with Gasteiger partial charge in [-0.1, -0.05) is 11.8 Å². The maximum absolute atomic E-state index is 5.36. The summed E-state index contributed by atoms with van der Waals surface area (Å²) in [4.78, 5) is 8.89. The van der Waals surface area contributed by atoms with Crippen molar-refractivity contribution in [3.63, 3.8) is 0 Å². The summed E-state index contributed by atoms with van der Waals surface area (Å²) in [7, 11) is 1.64. The number of nitrogens with zero attached hydrogens (tertiary/aromatic N) is 4. The molecule has 0 unspecified atom stereocenters. The summed E-state index contributed by atoms with van der Waals surface area (Å²) in [6.07, 6.45) is 0. The molecule has 0 aliphatic rings. The van der Waals surface area contributed by atoms with E-state index in [1.807, 2.05) is 48.7 Å². The smallest absolute Gasteiger partial charge is 0.199 e. The number of benzene rings is 1. The molecule has 0 aliphatic carbocycles. The fraction of sp³-hybridized carbons (Fsp3) is 0.250. The van der Waals surface area contributed by atoms with E-state index in [4.69, 9.17) is 17.0 Å². The maximum atomic E-state index is 5.36. The van der Waals surface area contributed by atoms with Gasteiger partial charge in [0, 0.05) is 17.1 Å². The molecule has 3 aromatic rings. The number of H-pyrrole nitrogens is 1. The molecule has 0 saturated carbocycles. The van der Waals surface area contributed by atoms with Crippen molar-refractivity contribution in [2.24, 2.45) is 0 Å². The molecule has 6 nitrogen and oxygen atoms in total. The summed E-state index contributed by atoms with van der Waals surface area (Å²) < 4.78 is 7.66. The van der Waals surface area contributed by atoms with Crippen molar-refractivity contribution in [3.05, 3.63) is 52.3 Å². The van der Waals surface area contributed by atoms with Gasteiger partial charge >= 0.3 is 0 Å². The predicted octanol–water partition coefficient (Wildman–Crippen LogP) is 3.64. The lowest BCUT2D eigenvalue weighted by atomic mass is 10.3. The van der Waals surface area contributed by atoms with Gasteiger partial charge < -0.3 is 4.74 Å². The molecule has 3 rings (SSSR count). The normalized spacial score (nSPS) is 10.8. The first-order valence-electron chi connectivity index (χ1n) is 7.32. The van der Waals surface area contributed by atoms with Crippen molar-refractivity contribution >= 4 is 24.0 Å². The molecule has 0 radical (unpaired) electrons. The number of nitrogens with one attached hydrogen (secondary N) is 1. The third kappa shape index (κ3) is 3.65. The molecule has 0 bridgehead atoms. The van der Waals surface area contributed by atoms with Gasteiger partial charge in [0.1, 0.15) is 11.6 Å². The standard InChI is InChI=1S/C16H17N5OS2/c1-10-8-11(2)18-15(17-10)24-9-14-19-20-16(23)21(14)12-4-6-13(22-3)7-5-12/h4-8H,9H2,1-3H3,(H,20,23). The zero-order chi connectivity index (χ0) is 17.1. The Labute approximate surface area is 149 Å². The second-order valence-electron chi connectivity index (χ2n) is 5.20. The molecular weight excluding hydrogens is 342 g/mol. The van der Waals surface area contributed by atoms with Crippen LogP contribution in [0.15, 0.2) is 35.5 Å². The van der Waals surface area contributed by atoms with Gasteiger partial charge in [0.2, 0.25) is 0 Å². The number of aromatic amines is 1. The van der Waals surface area contributed by atoms with E-state index < -0.39 is 0 Å². The summed E-state index contributed by atoms with van der Waals surface area (Å²) in [5.74, 6) is 2.23. The number of ether oxygens (including phenoxy) is 1. The molecule has 0 fully saturated rings. The van der Waals surface area contributed by atoms with Crippen LogP contribution >= 0.6 is 24.0 Å². The van der Waals surface area contributed by atoms with E-state index in [1.165, 1.54) is 11.8 Å². The van der Waals surface area contributed by atoms with E-state index in [2.05, 4.69) is 20.2 Å². The molecule has 1 aromatic carbocycles. The number of hydrogen-bond acceptors (Lipinski definition) is 6. The Bertz CT molecular complexity index is 881. The average Bonchev–Trinajstić information content (AvgIpc) is 2.93. The first-order valence-corrected chi connectivity index (χ1v) is 8.72. The van der Waals surface area contributed by atoms with Crippen molar-refractivity contribution in [2.75, 3.05) is 7.11 Å². The van der Waals surface area contributed by atoms with E-state index in [0.29, 0.717) is 10.5 Å². The Morgan fingerprint density at radius 2 is 1.83 bits per heavy atom. The molecular formula is C16H17N5OS2. The SMILES string of the molecule is COc1ccc(-n2c(CSc3nc(C)cc(C)n3)n[nH]c2=S)cc1. The highest BCUT2D eigenvalue weighted by molar-refractivity contribution is 7.98. The number of thioether (sulfide) groups is 1. The van der Waals surface area contributed by atoms with E-state index in [-0.39, 0.29) is 0 Å². The number of aromatic nitrogens is 5. The summed E-state index contributed by atoms with van der Waals surface area (Å²) in [5, 5.41) is 7.93. The van der Waals surface area contributed by atoms with Crippen LogP contribution in [0.1, 0.15) is 17.2 Å². The molecule has 2 heterocycles. The monoisotopic (exact) mass is 359 g/mol. The molecule has 8 heteroatoms. The number of rotatable bonds is 5. The van der Waals surface area contributed by atoms with Gasteiger partial charge in [0.25, 0.3) is 0 Å². The zero-order valence-corrected chi connectivity index (χ0v) is 15.2. The van der Waals surface area contributed by atoms with Crippen LogP contribution in [0.25, 0.3) is 5.69 Å². The van der Waals surface area contributed by atoms with Crippen LogP contribution in [0.5, 0.6) is 5.75 Å². The lowest BCUT2D eigenvalue weighted by Gasteiger charge is -2.08. The lowest BCUT2D eigenvalue weighted by molar-refractivity contribution is 0.414. The molecule has 24 heavy (non-hydrogen) atoms. The molecule has 124 valence electrons. The largest absolute Gasteiger partial charge is 0.497 e. The molecule has 0 amide bonds. The third-order valence-electron chi connectivity index (χ3n) is 3.36. The van der Waals surface area contributed by atoms with Gasteiger partial charge in [-0.3, -0.25) is 9.67 Å². The minimum Gasteiger partial charge on any atom is -0.497 e. The highest BCUT2D eigenvalue weighted by Gasteiger charge is 2.10. The van der Waals surface area contributed by atoms with Crippen LogP contribution in [0, 0.1) is 18.6 Å². The molecule has 2 aromatic heterocycles. The van der Waals surface area contributed by atoms with Crippen LogP contribution in [-0.4, -0.2) is 31.8 Å². The topological polar surface area (TPSA) is 68.6 Å². The van der Waals surface area contributed by atoms with Crippen molar-refractivity contribution < 1.29 is 4.74 Å². The molecule has 0 spiro atoms. The van der Waals surface area contributed by atoms with Gasteiger partial charge in [-0.25, -0.2) is 9.97 Å². The highest BCUT2D eigenvalue weighted by atomic mass is 32.2. The van der Waals surface area contributed by atoms with Gasteiger partial charge in [0.05, 0.1) is 12.9 Å². The van der Waals surface area contributed by atoms with E-state index in [1.54, 1.807) is 7.11 Å². The van der Waals surface area contributed by atoms with E-state index in [9.17, 15) is 0 Å². The Hall–Kier alpha value is -2.19. The number of aryl methyl sites for hydroxylation is 2. The summed E-state index contributed by atoms with van der Waals surface area (Å²) in [6, 6.07) is 9.65. The minimum atomic E-state index is 0.553. The first kappa shape index (κ1) is 16.7. The maximum Gasteiger partial charge on any atom is 0.199 e. The molecule has 0 saturated heterocycles. The summed E-state index contributed by atoms with van der Waals surface area (Å²) >= 11 is 6.90. The fourth-order valence-electron chi connectivity index (χ4n) is 2.31. The Balaban J connectivity index is 1.85. The van der Waals surface area contributed by atoms with Crippen LogP contribution in [0.2, 0.25) is 0 Å². The number of hydrogen-bond donors (Lipinski definition) is 1. The third-order valence-corrected chi connectivity index (χ3v) is 4.48. The van der Waals surface area contributed by atoms with Crippen LogP contribution in [-0.2, 0) is 5.75 Å². The Kier molecular flexibility index (Phi) is 4.96. The quantitative estimate of drug-likeness (QED) is 0.426. The van der Waals surface area contributed by atoms with E-state index >= 15 is 0 Å². The predicted molar refractivity (Wildman–Crippen MR) is 96.4 cm³/mol. The van der Waals surface area contributed by atoms with Crippen molar-refractivity contribution in [2.45, 2.75) is 24.8 Å². The van der Waals surface area contributed by atoms with E-state index in [0.717, 1.165) is 33.8 Å². The van der Waals surface area contributed by atoms with Crippen molar-refractivity contribution in [3.8, 4) is 11.4 Å². The molecule has 0 atom stereocenters.